The minimum atomic E-state index is -0.849. The average Bonchev–Trinajstić information content (AvgIpc) is 3.03. The highest BCUT2D eigenvalue weighted by atomic mass is 19.1. The summed E-state index contributed by atoms with van der Waals surface area (Å²) in [6.45, 7) is 8.57. The van der Waals surface area contributed by atoms with Crippen LogP contribution in [0.4, 0.5) is 4.39 Å². The van der Waals surface area contributed by atoms with Gasteiger partial charge in [-0.1, -0.05) is 19.1 Å². The zero-order valence-corrected chi connectivity index (χ0v) is 19.4. The molecule has 0 spiro atoms. The van der Waals surface area contributed by atoms with E-state index in [-0.39, 0.29) is 30.6 Å². The summed E-state index contributed by atoms with van der Waals surface area (Å²) in [4.78, 5) is 27.3. The van der Waals surface area contributed by atoms with Crippen LogP contribution in [0.15, 0.2) is 48.0 Å². The standard InChI is InChI=1S/C26H30FNO5/c1-5-13-33-21-11-8-19(15-17(21)4)24(29)22-23(18-6-9-20(27)10-7-18)28(26(31)25(22)30)12-14-32-16(2)3/h6-11,15-16,23,29H,5,12-14H2,1-4H3/b24-22-. The summed E-state index contributed by atoms with van der Waals surface area (Å²) >= 11 is 0. The third kappa shape index (κ3) is 5.42. The van der Waals surface area contributed by atoms with Crippen molar-refractivity contribution >= 4 is 17.4 Å². The molecule has 6 nitrogen and oxygen atoms in total. The van der Waals surface area contributed by atoms with Crippen LogP contribution in [0.1, 0.15) is 49.9 Å². The third-order valence-electron chi connectivity index (χ3n) is 5.42. The molecule has 1 aliphatic rings. The Morgan fingerprint density at radius 2 is 1.82 bits per heavy atom. The van der Waals surface area contributed by atoms with Crippen molar-refractivity contribution in [1.82, 2.24) is 4.90 Å². The van der Waals surface area contributed by atoms with Gasteiger partial charge in [-0.2, -0.15) is 0 Å². The maximum absolute atomic E-state index is 13.6. The molecule has 0 radical (unpaired) electrons. The van der Waals surface area contributed by atoms with Gasteiger partial charge in [0.1, 0.15) is 17.3 Å². The second-order valence-corrected chi connectivity index (χ2v) is 8.29. The number of carbonyl (C=O) groups excluding carboxylic acids is 2. The number of ether oxygens (including phenoxy) is 2. The number of aliphatic hydroxyl groups is 1. The van der Waals surface area contributed by atoms with E-state index in [4.69, 9.17) is 9.47 Å². The van der Waals surface area contributed by atoms with Crippen LogP contribution in [-0.2, 0) is 14.3 Å². The van der Waals surface area contributed by atoms with Gasteiger partial charge in [0.25, 0.3) is 11.7 Å². The summed E-state index contributed by atoms with van der Waals surface area (Å²) in [6.07, 6.45) is 0.825. The lowest BCUT2D eigenvalue weighted by molar-refractivity contribution is -0.140. The number of aryl methyl sites for hydroxylation is 1. The second kappa shape index (κ2) is 10.6. The van der Waals surface area contributed by atoms with Crippen molar-refractivity contribution in [1.29, 1.82) is 0 Å². The summed E-state index contributed by atoms with van der Waals surface area (Å²) in [5.41, 5.74) is 1.70. The Labute approximate surface area is 193 Å². The fourth-order valence-electron chi connectivity index (χ4n) is 3.82. The zero-order chi connectivity index (χ0) is 24.1. The molecule has 2 aromatic carbocycles. The van der Waals surface area contributed by atoms with Gasteiger partial charge in [0.05, 0.1) is 30.9 Å². The van der Waals surface area contributed by atoms with Crippen molar-refractivity contribution in [3.05, 3.63) is 70.5 Å². The van der Waals surface area contributed by atoms with Gasteiger partial charge < -0.3 is 19.5 Å². The number of rotatable bonds is 9. The SMILES string of the molecule is CCCOc1ccc(/C(O)=C2/C(=O)C(=O)N(CCOC(C)C)C2c2ccc(F)cc2)cc1C. The lowest BCUT2D eigenvalue weighted by Gasteiger charge is -2.25. The Morgan fingerprint density at radius 3 is 2.42 bits per heavy atom. The Kier molecular flexibility index (Phi) is 7.87. The molecule has 2 aromatic rings. The Morgan fingerprint density at radius 1 is 1.12 bits per heavy atom. The molecule has 1 fully saturated rings. The maximum atomic E-state index is 13.6. The summed E-state index contributed by atoms with van der Waals surface area (Å²) in [6, 6.07) is 9.83. The highest BCUT2D eigenvalue weighted by Gasteiger charge is 2.45. The molecule has 1 N–H and O–H groups in total. The minimum Gasteiger partial charge on any atom is -0.507 e. The number of ketones is 1. The van der Waals surface area contributed by atoms with Crippen LogP contribution in [0.2, 0.25) is 0 Å². The van der Waals surface area contributed by atoms with Crippen LogP contribution >= 0.6 is 0 Å². The fourth-order valence-corrected chi connectivity index (χ4v) is 3.82. The maximum Gasteiger partial charge on any atom is 0.295 e. The predicted molar refractivity (Wildman–Crippen MR) is 123 cm³/mol. The number of nitrogens with zero attached hydrogens (tertiary/aromatic N) is 1. The van der Waals surface area contributed by atoms with Crippen LogP contribution in [-0.4, -0.2) is 47.6 Å². The van der Waals surface area contributed by atoms with Gasteiger partial charge in [-0.3, -0.25) is 9.59 Å². The molecular weight excluding hydrogens is 425 g/mol. The van der Waals surface area contributed by atoms with Crippen molar-refractivity contribution in [2.45, 2.75) is 46.3 Å². The summed E-state index contributed by atoms with van der Waals surface area (Å²) in [7, 11) is 0. The smallest absolute Gasteiger partial charge is 0.295 e. The molecule has 7 heteroatoms. The number of aliphatic hydroxyl groups excluding tert-OH is 1. The van der Waals surface area contributed by atoms with Gasteiger partial charge in [0, 0.05) is 12.1 Å². The van der Waals surface area contributed by atoms with E-state index >= 15 is 0 Å². The van der Waals surface area contributed by atoms with Crippen LogP contribution in [0.5, 0.6) is 5.75 Å². The zero-order valence-electron chi connectivity index (χ0n) is 19.4. The van der Waals surface area contributed by atoms with Crippen molar-refractivity contribution in [2.75, 3.05) is 19.8 Å². The van der Waals surface area contributed by atoms with E-state index in [9.17, 15) is 19.1 Å². The third-order valence-corrected chi connectivity index (χ3v) is 5.42. The lowest BCUT2D eigenvalue weighted by atomic mass is 9.94. The van der Waals surface area contributed by atoms with E-state index in [0.29, 0.717) is 23.5 Å². The topological polar surface area (TPSA) is 76.1 Å². The number of carbonyl (C=O) groups is 2. The van der Waals surface area contributed by atoms with Crippen LogP contribution < -0.4 is 4.74 Å². The quantitative estimate of drug-likeness (QED) is 0.335. The summed E-state index contributed by atoms with van der Waals surface area (Å²) in [5.74, 6) is -1.53. The van der Waals surface area contributed by atoms with E-state index < -0.39 is 23.5 Å². The number of hydrogen-bond acceptors (Lipinski definition) is 5. The van der Waals surface area contributed by atoms with E-state index in [2.05, 4.69) is 0 Å². The molecule has 176 valence electrons. The Bertz CT molecular complexity index is 1050. The molecule has 0 bridgehead atoms. The normalized spacial score (nSPS) is 17.8. The summed E-state index contributed by atoms with van der Waals surface area (Å²) in [5, 5.41) is 11.2. The van der Waals surface area contributed by atoms with Crippen molar-refractivity contribution in [3.63, 3.8) is 0 Å². The molecule has 1 aliphatic heterocycles. The van der Waals surface area contributed by atoms with Crippen molar-refractivity contribution in [2.24, 2.45) is 0 Å². The fraction of sp³-hybridized carbons (Fsp3) is 0.385. The van der Waals surface area contributed by atoms with E-state index in [1.807, 2.05) is 27.7 Å². The molecule has 33 heavy (non-hydrogen) atoms. The summed E-state index contributed by atoms with van der Waals surface area (Å²) < 4.78 is 24.8. The number of benzene rings is 2. The number of amides is 1. The highest BCUT2D eigenvalue weighted by Crippen LogP contribution is 2.39. The van der Waals surface area contributed by atoms with E-state index in [0.717, 1.165) is 12.0 Å². The largest absolute Gasteiger partial charge is 0.507 e. The highest BCUT2D eigenvalue weighted by molar-refractivity contribution is 6.46. The van der Waals surface area contributed by atoms with Crippen LogP contribution in [0.3, 0.4) is 0 Å². The molecule has 0 saturated carbocycles. The van der Waals surface area contributed by atoms with Crippen LogP contribution in [0, 0.1) is 12.7 Å². The molecule has 1 amide bonds. The molecule has 3 rings (SSSR count). The van der Waals surface area contributed by atoms with Crippen molar-refractivity contribution in [3.8, 4) is 5.75 Å². The van der Waals surface area contributed by atoms with Gasteiger partial charge in [-0.15, -0.1) is 0 Å². The second-order valence-electron chi connectivity index (χ2n) is 8.29. The Hall–Kier alpha value is -3.19. The molecule has 0 aliphatic carbocycles. The Balaban J connectivity index is 2.05. The van der Waals surface area contributed by atoms with Crippen LogP contribution in [0.25, 0.3) is 5.76 Å². The minimum absolute atomic E-state index is 0.0298. The van der Waals surface area contributed by atoms with Crippen molar-refractivity contribution < 1.29 is 28.6 Å². The number of Topliss-reactive ketones (excluding diaryl/α,β-unsaturated/α-hetero) is 1. The molecule has 1 unspecified atom stereocenters. The number of hydrogen-bond donors (Lipinski definition) is 1. The first-order chi connectivity index (χ1) is 15.7. The average molecular weight is 456 g/mol. The molecular formula is C26H30FNO5. The van der Waals surface area contributed by atoms with Gasteiger partial charge >= 0.3 is 0 Å². The first kappa shape index (κ1) is 24.5. The van der Waals surface area contributed by atoms with Gasteiger partial charge in [-0.25, -0.2) is 4.39 Å². The first-order valence-electron chi connectivity index (χ1n) is 11.1. The molecule has 0 aromatic heterocycles. The number of halogens is 1. The van der Waals surface area contributed by atoms with Gasteiger partial charge in [0.2, 0.25) is 0 Å². The predicted octanol–water partition coefficient (Wildman–Crippen LogP) is 4.77. The van der Waals surface area contributed by atoms with Gasteiger partial charge in [0.15, 0.2) is 0 Å². The lowest BCUT2D eigenvalue weighted by Crippen LogP contribution is -2.33. The molecule has 1 atom stereocenters. The molecule has 1 saturated heterocycles. The van der Waals surface area contributed by atoms with E-state index in [1.165, 1.54) is 29.2 Å². The number of likely N-dealkylation sites (tertiary alicyclic amines) is 1. The first-order valence-corrected chi connectivity index (χ1v) is 11.1. The van der Waals surface area contributed by atoms with E-state index in [1.54, 1.807) is 18.2 Å². The molecule has 1 heterocycles. The monoisotopic (exact) mass is 455 g/mol. The van der Waals surface area contributed by atoms with Gasteiger partial charge in [-0.05, 0) is 68.7 Å².